The van der Waals surface area contributed by atoms with E-state index >= 15 is 0 Å². The van der Waals surface area contributed by atoms with Crippen LogP contribution in [0.1, 0.15) is 43.5 Å². The van der Waals surface area contributed by atoms with Gasteiger partial charge in [-0.2, -0.15) is 4.31 Å². The molecule has 156 valence electrons. The summed E-state index contributed by atoms with van der Waals surface area (Å²) in [6, 6.07) is 14.0. The minimum absolute atomic E-state index is 0.114. The van der Waals surface area contributed by atoms with Crippen LogP contribution in [-0.4, -0.2) is 44.8 Å². The molecule has 3 rings (SSSR count). The molecule has 0 bridgehead atoms. The van der Waals surface area contributed by atoms with Crippen LogP contribution >= 0.6 is 0 Å². The number of hydrogen-bond donors (Lipinski definition) is 1. The third-order valence-corrected chi connectivity index (χ3v) is 7.14. The number of amides is 1. The maximum Gasteiger partial charge on any atom is 0.255 e. The zero-order valence-corrected chi connectivity index (χ0v) is 18.1. The highest BCUT2D eigenvalue weighted by molar-refractivity contribution is 7.89. The predicted octanol–water partition coefficient (Wildman–Crippen LogP) is 3.96. The van der Waals surface area contributed by atoms with Gasteiger partial charge in [0.05, 0.1) is 4.90 Å². The highest BCUT2D eigenvalue weighted by Gasteiger charge is 2.34. The molecule has 6 nitrogen and oxygen atoms in total. The number of nitrogens with zero attached hydrogens (tertiary/aromatic N) is 2. The highest BCUT2D eigenvalue weighted by atomic mass is 32.2. The molecule has 29 heavy (non-hydrogen) atoms. The summed E-state index contributed by atoms with van der Waals surface area (Å²) in [6.45, 7) is 6.16. The van der Waals surface area contributed by atoms with Gasteiger partial charge in [0.2, 0.25) is 10.0 Å². The van der Waals surface area contributed by atoms with Gasteiger partial charge in [0, 0.05) is 43.1 Å². The molecule has 2 aromatic carbocycles. The quantitative estimate of drug-likeness (QED) is 0.673. The average Bonchev–Trinajstić information content (AvgIpc) is 3.57. The zero-order chi connectivity index (χ0) is 21.0. The average molecular weight is 416 g/mol. The smallest absolute Gasteiger partial charge is 0.255 e. The summed E-state index contributed by atoms with van der Waals surface area (Å²) in [6.07, 6.45) is 2.90. The molecule has 1 saturated carbocycles. The summed E-state index contributed by atoms with van der Waals surface area (Å²) in [5.41, 5.74) is 2.22. The van der Waals surface area contributed by atoms with E-state index in [0.717, 1.165) is 38.0 Å². The van der Waals surface area contributed by atoms with Crippen molar-refractivity contribution in [2.75, 3.05) is 30.4 Å². The normalized spacial score (nSPS) is 14.1. The van der Waals surface area contributed by atoms with E-state index < -0.39 is 10.0 Å². The summed E-state index contributed by atoms with van der Waals surface area (Å²) in [4.78, 5) is 15.0. The van der Waals surface area contributed by atoms with Crippen molar-refractivity contribution >= 4 is 27.3 Å². The molecule has 2 aromatic rings. The number of hydrogen-bond acceptors (Lipinski definition) is 4. The number of nitrogens with one attached hydrogen (secondary N) is 1. The van der Waals surface area contributed by atoms with E-state index in [1.165, 1.54) is 16.4 Å². The largest absolute Gasteiger partial charge is 0.372 e. The van der Waals surface area contributed by atoms with Crippen LogP contribution in [0.15, 0.2) is 53.4 Å². The summed E-state index contributed by atoms with van der Waals surface area (Å²) < 4.78 is 26.6. The van der Waals surface area contributed by atoms with Crippen molar-refractivity contribution in [3.05, 3.63) is 54.1 Å². The molecular weight excluding hydrogens is 386 g/mol. The molecular formula is C22H29N3O3S. The van der Waals surface area contributed by atoms with Crippen molar-refractivity contribution in [3.63, 3.8) is 0 Å². The van der Waals surface area contributed by atoms with Gasteiger partial charge in [0.25, 0.3) is 5.91 Å². The molecule has 1 aliphatic carbocycles. The van der Waals surface area contributed by atoms with Crippen molar-refractivity contribution in [1.29, 1.82) is 0 Å². The number of rotatable bonds is 9. The Bertz CT molecular complexity index is 936. The Morgan fingerprint density at radius 3 is 2.17 bits per heavy atom. The van der Waals surface area contributed by atoms with Gasteiger partial charge < -0.3 is 10.2 Å². The molecule has 0 unspecified atom stereocenters. The van der Waals surface area contributed by atoms with E-state index in [1.54, 1.807) is 19.2 Å². The van der Waals surface area contributed by atoms with E-state index in [-0.39, 0.29) is 16.8 Å². The van der Waals surface area contributed by atoms with Gasteiger partial charge >= 0.3 is 0 Å². The van der Waals surface area contributed by atoms with Crippen molar-refractivity contribution < 1.29 is 13.2 Å². The monoisotopic (exact) mass is 415 g/mol. The van der Waals surface area contributed by atoms with E-state index in [1.807, 2.05) is 24.3 Å². The van der Waals surface area contributed by atoms with E-state index in [9.17, 15) is 13.2 Å². The second-order valence-corrected chi connectivity index (χ2v) is 9.35. The van der Waals surface area contributed by atoms with Crippen molar-refractivity contribution in [2.45, 2.75) is 44.0 Å². The molecule has 0 radical (unpaired) electrons. The first-order valence-corrected chi connectivity index (χ1v) is 11.5. The van der Waals surface area contributed by atoms with Crippen molar-refractivity contribution in [1.82, 2.24) is 4.31 Å². The van der Waals surface area contributed by atoms with Crippen molar-refractivity contribution in [2.24, 2.45) is 0 Å². The molecule has 1 aliphatic rings. The summed E-state index contributed by atoms with van der Waals surface area (Å²) in [5, 5.41) is 2.83. The summed E-state index contributed by atoms with van der Waals surface area (Å²) in [7, 11) is -1.86. The summed E-state index contributed by atoms with van der Waals surface area (Å²) >= 11 is 0. The molecule has 1 amide bonds. The first-order chi connectivity index (χ1) is 13.9. The van der Waals surface area contributed by atoms with Crippen LogP contribution in [0, 0.1) is 0 Å². The Balaban J connectivity index is 1.66. The molecule has 1 fully saturated rings. The fraction of sp³-hybridized carbons (Fsp3) is 0.409. The first kappa shape index (κ1) is 21.3. The van der Waals surface area contributed by atoms with Gasteiger partial charge in [0.15, 0.2) is 0 Å². The lowest BCUT2D eigenvalue weighted by atomic mass is 10.1. The highest BCUT2D eigenvalue weighted by Crippen LogP contribution is 2.30. The van der Waals surface area contributed by atoms with E-state index in [4.69, 9.17) is 0 Å². The van der Waals surface area contributed by atoms with Gasteiger partial charge in [-0.3, -0.25) is 4.79 Å². The zero-order valence-electron chi connectivity index (χ0n) is 17.3. The Hall–Kier alpha value is -2.38. The number of carbonyl (C=O) groups is 1. The van der Waals surface area contributed by atoms with Crippen LogP contribution in [0.5, 0.6) is 0 Å². The predicted molar refractivity (Wildman–Crippen MR) is 117 cm³/mol. The maximum atomic E-state index is 12.6. The van der Waals surface area contributed by atoms with Crippen LogP contribution in [0.2, 0.25) is 0 Å². The number of benzene rings is 2. The second-order valence-electron chi connectivity index (χ2n) is 7.36. The fourth-order valence-corrected chi connectivity index (χ4v) is 4.69. The third-order valence-electron chi connectivity index (χ3n) is 5.22. The Morgan fingerprint density at radius 2 is 1.66 bits per heavy atom. The Morgan fingerprint density at radius 1 is 1.03 bits per heavy atom. The molecule has 7 heteroatoms. The lowest BCUT2D eigenvalue weighted by molar-refractivity contribution is 0.102. The molecule has 0 atom stereocenters. The fourth-order valence-electron chi connectivity index (χ4n) is 3.28. The van der Waals surface area contributed by atoms with Gasteiger partial charge in [-0.1, -0.05) is 6.92 Å². The minimum Gasteiger partial charge on any atom is -0.372 e. The number of sulfonamides is 1. The maximum absolute atomic E-state index is 12.6. The van der Waals surface area contributed by atoms with Crippen LogP contribution in [-0.2, 0) is 10.0 Å². The lowest BCUT2D eigenvalue weighted by Gasteiger charge is -2.22. The lowest BCUT2D eigenvalue weighted by Crippen LogP contribution is -2.28. The van der Waals surface area contributed by atoms with Crippen LogP contribution in [0.3, 0.4) is 0 Å². The second kappa shape index (κ2) is 8.97. The minimum atomic E-state index is -3.48. The molecule has 0 heterocycles. The first-order valence-electron chi connectivity index (χ1n) is 10.1. The van der Waals surface area contributed by atoms with Gasteiger partial charge in [-0.15, -0.1) is 0 Å². The van der Waals surface area contributed by atoms with Gasteiger partial charge in [0.1, 0.15) is 0 Å². The molecule has 0 aromatic heterocycles. The van der Waals surface area contributed by atoms with Gasteiger partial charge in [-0.25, -0.2) is 8.42 Å². The van der Waals surface area contributed by atoms with Crippen LogP contribution in [0.4, 0.5) is 11.4 Å². The van der Waals surface area contributed by atoms with Crippen LogP contribution in [0.25, 0.3) is 0 Å². The van der Waals surface area contributed by atoms with E-state index in [0.29, 0.717) is 11.3 Å². The number of anilines is 2. The molecule has 0 aliphatic heterocycles. The van der Waals surface area contributed by atoms with E-state index in [2.05, 4.69) is 24.1 Å². The molecule has 0 saturated heterocycles. The van der Waals surface area contributed by atoms with Gasteiger partial charge in [-0.05, 0) is 74.7 Å². The Kier molecular flexibility index (Phi) is 6.59. The standard InChI is InChI=1S/C22H29N3O3S/c1-4-16-25(5-2)20-10-6-17(7-11-20)22(26)23-18-8-14-21(15-9-18)29(27,28)24(3)19-12-13-19/h6-11,14-15,19H,4-5,12-13,16H2,1-3H3,(H,23,26). The Labute approximate surface area is 173 Å². The molecule has 1 N–H and O–H groups in total. The third kappa shape index (κ3) is 4.97. The number of carbonyl (C=O) groups excluding carboxylic acids is 1. The summed E-state index contributed by atoms with van der Waals surface area (Å²) in [5.74, 6) is -0.221. The SMILES string of the molecule is CCCN(CC)c1ccc(C(=O)Nc2ccc(S(=O)(=O)N(C)C3CC3)cc2)cc1. The molecule has 0 spiro atoms. The van der Waals surface area contributed by atoms with Crippen LogP contribution < -0.4 is 10.2 Å². The topological polar surface area (TPSA) is 69.7 Å². The van der Waals surface area contributed by atoms with Crippen molar-refractivity contribution in [3.8, 4) is 0 Å².